The number of hydrogen-bond donors (Lipinski definition) is 4. The molecule has 1 aliphatic carbocycles. The van der Waals surface area contributed by atoms with Crippen molar-refractivity contribution in [1.82, 2.24) is 9.80 Å². The van der Waals surface area contributed by atoms with Crippen molar-refractivity contribution in [3.05, 3.63) is 23.8 Å². The SMILES string of the molecule is N=C(SC(=N)C(F)(F)F)N1CCN(C(=S)COC2CCC(Oc3ccc(NO)c(C(F)(F)F)c3)CC2)CC1. The number of alkyl halides is 6. The summed E-state index contributed by atoms with van der Waals surface area (Å²) < 4.78 is 88.8. The minimum Gasteiger partial charge on any atom is -0.490 e. The summed E-state index contributed by atoms with van der Waals surface area (Å²) in [4.78, 5) is 3.89. The van der Waals surface area contributed by atoms with Gasteiger partial charge in [0, 0.05) is 26.2 Å². The maximum Gasteiger partial charge on any atom is 0.439 e. The van der Waals surface area contributed by atoms with Crippen molar-refractivity contribution >= 4 is 44.9 Å². The summed E-state index contributed by atoms with van der Waals surface area (Å²) in [5.41, 5.74) is 0.0530. The van der Waals surface area contributed by atoms with Crippen LogP contribution in [-0.2, 0) is 10.9 Å². The highest BCUT2D eigenvalue weighted by Crippen LogP contribution is 2.37. The fraction of sp³-hybridized carbons (Fsp3) is 0.591. The van der Waals surface area contributed by atoms with E-state index in [0.717, 1.165) is 12.1 Å². The van der Waals surface area contributed by atoms with E-state index in [-0.39, 0.29) is 41.5 Å². The van der Waals surface area contributed by atoms with Crippen LogP contribution in [0.2, 0.25) is 0 Å². The number of nitrogens with one attached hydrogen (secondary N) is 3. The third-order valence-electron chi connectivity index (χ3n) is 6.16. The van der Waals surface area contributed by atoms with Gasteiger partial charge in [-0.2, -0.15) is 26.3 Å². The molecule has 4 N–H and O–H groups in total. The third-order valence-corrected chi connectivity index (χ3v) is 7.42. The van der Waals surface area contributed by atoms with E-state index < -0.39 is 28.6 Å². The van der Waals surface area contributed by atoms with Crippen molar-refractivity contribution in [2.75, 3.05) is 38.3 Å². The van der Waals surface area contributed by atoms with Gasteiger partial charge in [0.05, 0.1) is 30.1 Å². The number of anilines is 1. The van der Waals surface area contributed by atoms with Crippen LogP contribution in [0.25, 0.3) is 0 Å². The first-order valence-electron chi connectivity index (χ1n) is 11.6. The van der Waals surface area contributed by atoms with E-state index in [9.17, 15) is 26.3 Å². The molecule has 0 aromatic heterocycles. The first kappa shape index (κ1) is 30.2. The summed E-state index contributed by atoms with van der Waals surface area (Å²) in [5, 5.41) is 21.9. The standard InChI is InChI=1S/C22H27F6N5O3S2/c23-21(24,25)16-11-15(5-6-17(16)31-34)36-14-3-1-13(2-4-14)35-12-18(37)32-7-9-33(10-8-32)20(30)38-19(29)22(26,27)28/h5-6,11,13-14,29-31,34H,1-4,7-10,12H2. The molecule has 1 saturated heterocycles. The Morgan fingerprint density at radius 2 is 1.58 bits per heavy atom. The number of hydrogen-bond acceptors (Lipinski definition) is 8. The topological polar surface area (TPSA) is 105 Å². The van der Waals surface area contributed by atoms with Crippen LogP contribution in [0.1, 0.15) is 31.2 Å². The van der Waals surface area contributed by atoms with Gasteiger partial charge in [-0.05, 0) is 55.6 Å². The molecule has 0 atom stereocenters. The molecule has 1 heterocycles. The Morgan fingerprint density at radius 3 is 2.13 bits per heavy atom. The maximum absolute atomic E-state index is 13.2. The number of nitrogens with zero attached hydrogens (tertiary/aromatic N) is 2. The van der Waals surface area contributed by atoms with Crippen molar-refractivity contribution in [3.8, 4) is 5.75 Å². The van der Waals surface area contributed by atoms with Crippen molar-refractivity contribution < 1.29 is 41.0 Å². The van der Waals surface area contributed by atoms with Crippen molar-refractivity contribution in [1.29, 1.82) is 10.8 Å². The summed E-state index contributed by atoms with van der Waals surface area (Å²) in [6.07, 6.45) is -7.41. The predicted molar refractivity (Wildman–Crippen MR) is 134 cm³/mol. The molecule has 0 radical (unpaired) electrons. The molecule has 3 rings (SSSR count). The lowest BCUT2D eigenvalue weighted by Gasteiger charge is -2.37. The Labute approximate surface area is 224 Å². The van der Waals surface area contributed by atoms with Crippen LogP contribution in [0.4, 0.5) is 32.0 Å². The zero-order chi connectivity index (χ0) is 28.1. The molecule has 212 valence electrons. The molecule has 8 nitrogen and oxygen atoms in total. The number of benzene rings is 1. The molecule has 2 fully saturated rings. The zero-order valence-corrected chi connectivity index (χ0v) is 21.6. The van der Waals surface area contributed by atoms with Gasteiger partial charge in [-0.1, -0.05) is 12.2 Å². The van der Waals surface area contributed by atoms with E-state index in [0.29, 0.717) is 56.9 Å². The molecule has 1 aromatic rings. The van der Waals surface area contributed by atoms with Crippen LogP contribution in [0.15, 0.2) is 18.2 Å². The van der Waals surface area contributed by atoms with Crippen LogP contribution < -0.4 is 10.2 Å². The van der Waals surface area contributed by atoms with Gasteiger partial charge < -0.3 is 19.3 Å². The molecule has 1 saturated carbocycles. The van der Waals surface area contributed by atoms with Gasteiger partial charge in [-0.3, -0.25) is 21.5 Å². The Balaban J connectivity index is 1.38. The van der Waals surface area contributed by atoms with Crippen LogP contribution in [0, 0.1) is 10.8 Å². The number of rotatable bonds is 6. The highest BCUT2D eigenvalue weighted by Gasteiger charge is 2.37. The summed E-state index contributed by atoms with van der Waals surface area (Å²) in [5.74, 6) is 0.0581. The molecule has 0 spiro atoms. The smallest absolute Gasteiger partial charge is 0.439 e. The van der Waals surface area contributed by atoms with Gasteiger partial charge in [0.15, 0.2) is 10.2 Å². The summed E-state index contributed by atoms with van der Waals surface area (Å²) in [6.45, 7) is 1.60. The second-order valence-corrected chi connectivity index (χ2v) is 10.2. The molecule has 38 heavy (non-hydrogen) atoms. The number of thiocarbonyl (C=S) groups is 1. The second kappa shape index (κ2) is 12.7. The van der Waals surface area contributed by atoms with E-state index in [1.54, 1.807) is 5.48 Å². The van der Waals surface area contributed by atoms with Gasteiger partial charge in [0.2, 0.25) is 0 Å². The molecular weight excluding hydrogens is 560 g/mol. The highest BCUT2D eigenvalue weighted by molar-refractivity contribution is 8.26. The molecule has 2 aliphatic rings. The Hall–Kier alpha value is -2.30. The molecular formula is C22H27F6N5O3S2. The maximum atomic E-state index is 13.2. The quantitative estimate of drug-likeness (QED) is 0.116. The van der Waals surface area contributed by atoms with Gasteiger partial charge in [-0.25, -0.2) is 0 Å². The van der Waals surface area contributed by atoms with Crippen molar-refractivity contribution in [3.63, 3.8) is 0 Å². The minimum absolute atomic E-state index is 0.0581. The lowest BCUT2D eigenvalue weighted by molar-refractivity contribution is -0.137. The van der Waals surface area contributed by atoms with Crippen molar-refractivity contribution in [2.24, 2.45) is 0 Å². The highest BCUT2D eigenvalue weighted by atomic mass is 32.2. The molecule has 0 bridgehead atoms. The number of ether oxygens (including phenoxy) is 2. The van der Waals surface area contributed by atoms with Gasteiger partial charge in [0.25, 0.3) is 0 Å². The number of halogens is 6. The summed E-state index contributed by atoms with van der Waals surface area (Å²) in [7, 11) is 0. The number of piperazine rings is 1. The van der Waals surface area contributed by atoms with E-state index in [1.807, 2.05) is 4.90 Å². The van der Waals surface area contributed by atoms with E-state index in [1.165, 1.54) is 11.0 Å². The van der Waals surface area contributed by atoms with Crippen LogP contribution in [-0.4, -0.2) is 81.4 Å². The Morgan fingerprint density at radius 1 is 1.00 bits per heavy atom. The fourth-order valence-corrected chi connectivity index (χ4v) is 4.97. The van der Waals surface area contributed by atoms with Gasteiger partial charge >= 0.3 is 12.4 Å². The Kier molecular flexibility index (Phi) is 10.1. The molecule has 1 aromatic carbocycles. The molecule has 1 aliphatic heterocycles. The predicted octanol–water partition coefficient (Wildman–Crippen LogP) is 5.37. The van der Waals surface area contributed by atoms with E-state index >= 15 is 0 Å². The van der Waals surface area contributed by atoms with Crippen LogP contribution in [0.5, 0.6) is 5.75 Å². The molecule has 0 unspecified atom stereocenters. The second-order valence-electron chi connectivity index (χ2n) is 8.75. The monoisotopic (exact) mass is 587 g/mol. The first-order valence-corrected chi connectivity index (χ1v) is 12.8. The zero-order valence-electron chi connectivity index (χ0n) is 20.0. The normalized spacial score (nSPS) is 20.7. The lowest BCUT2D eigenvalue weighted by Crippen LogP contribution is -2.50. The Bertz CT molecular complexity index is 1010. The van der Waals surface area contributed by atoms with E-state index in [2.05, 4.69) is 0 Å². The number of amidine groups is 1. The fourth-order valence-electron chi connectivity index (χ4n) is 4.10. The van der Waals surface area contributed by atoms with Crippen LogP contribution >= 0.6 is 24.0 Å². The summed E-state index contributed by atoms with van der Waals surface area (Å²) in [6, 6.07) is 3.30. The van der Waals surface area contributed by atoms with Crippen LogP contribution in [0.3, 0.4) is 0 Å². The summed E-state index contributed by atoms with van der Waals surface area (Å²) >= 11 is 5.51. The minimum atomic E-state index is -4.77. The average Bonchev–Trinajstić information content (AvgIpc) is 2.87. The molecule has 16 heteroatoms. The average molecular weight is 588 g/mol. The van der Waals surface area contributed by atoms with Crippen molar-refractivity contribution in [2.45, 2.75) is 50.2 Å². The van der Waals surface area contributed by atoms with Gasteiger partial charge in [0.1, 0.15) is 10.7 Å². The molecule has 0 amide bonds. The van der Waals surface area contributed by atoms with Gasteiger partial charge in [-0.15, -0.1) is 0 Å². The first-order chi connectivity index (χ1) is 17.8. The largest absolute Gasteiger partial charge is 0.490 e. The third kappa shape index (κ3) is 8.35. The lowest BCUT2D eigenvalue weighted by atomic mass is 9.95. The number of thioether (sulfide) groups is 1. The van der Waals surface area contributed by atoms with E-state index in [4.69, 9.17) is 37.7 Å².